The molecule has 0 radical (unpaired) electrons. The topological polar surface area (TPSA) is 26.0 Å². The Morgan fingerprint density at radius 3 is 1.83 bits per heavy atom. The maximum Gasteiger partial charge on any atom is -0.00367 e. The smallest absolute Gasteiger partial charge is 0.00367 e. The van der Waals surface area contributed by atoms with Crippen molar-refractivity contribution in [3.63, 3.8) is 0 Å². The highest BCUT2D eigenvalue weighted by Gasteiger charge is 1.84. The van der Waals surface area contributed by atoms with Crippen molar-refractivity contribution in [2.75, 3.05) is 6.54 Å². The third-order valence-electron chi connectivity index (χ3n) is 1.28. The van der Waals surface area contributed by atoms with Gasteiger partial charge in [-0.1, -0.05) is 30.3 Å². The number of hydrogen-bond donors (Lipinski definition) is 1. The summed E-state index contributed by atoms with van der Waals surface area (Å²) in [7, 11) is 0. The summed E-state index contributed by atoms with van der Waals surface area (Å²) in [4.78, 5) is 0. The van der Waals surface area contributed by atoms with Gasteiger partial charge in [0, 0.05) is 0 Å². The zero-order chi connectivity index (χ0) is 6.53. The Kier molecular flexibility index (Phi) is 16.5. The highest BCUT2D eigenvalue weighted by atomic mass is 35.5. The molecule has 0 aromatic heterocycles. The Morgan fingerprint density at radius 1 is 0.917 bits per heavy atom. The molecule has 0 aliphatic heterocycles. The van der Waals surface area contributed by atoms with Crippen LogP contribution in [-0.4, -0.2) is 6.54 Å². The van der Waals surface area contributed by atoms with Gasteiger partial charge < -0.3 is 5.73 Å². The summed E-state index contributed by atoms with van der Waals surface area (Å²) < 4.78 is 0. The van der Waals surface area contributed by atoms with Crippen molar-refractivity contribution >= 4 is 37.2 Å². The summed E-state index contributed by atoms with van der Waals surface area (Å²) >= 11 is 0. The quantitative estimate of drug-likeness (QED) is 0.830. The second-order valence-electron chi connectivity index (χ2n) is 2.02. The van der Waals surface area contributed by atoms with Gasteiger partial charge in [-0.2, -0.15) is 0 Å². The molecule has 0 saturated carbocycles. The predicted molar refractivity (Wildman–Crippen MR) is 60.9 cm³/mol. The summed E-state index contributed by atoms with van der Waals surface area (Å²) in [5, 5.41) is 0. The maximum absolute atomic E-state index is 5.36. The molecule has 0 fully saturated rings. The Labute approximate surface area is 92.0 Å². The molecule has 4 heteroatoms. The van der Waals surface area contributed by atoms with Crippen LogP contribution in [0, 0.1) is 0 Å². The van der Waals surface area contributed by atoms with E-state index in [-0.39, 0.29) is 37.2 Å². The second-order valence-corrected chi connectivity index (χ2v) is 2.02. The third kappa shape index (κ3) is 6.74. The van der Waals surface area contributed by atoms with Gasteiger partial charge in [0.05, 0.1) is 0 Å². The van der Waals surface area contributed by atoms with Gasteiger partial charge in [0.25, 0.3) is 0 Å². The Bertz CT molecular complexity index is 167. The molecule has 0 unspecified atom stereocenters. The van der Waals surface area contributed by atoms with Crippen LogP contribution < -0.4 is 5.73 Å². The molecule has 0 spiro atoms. The highest BCUT2D eigenvalue weighted by Crippen LogP contribution is 1.96. The van der Waals surface area contributed by atoms with E-state index in [4.69, 9.17) is 5.73 Å². The first-order valence-electron chi connectivity index (χ1n) is 3.17. The lowest BCUT2D eigenvalue weighted by Crippen LogP contribution is -2.01. The molecule has 72 valence electrons. The summed E-state index contributed by atoms with van der Waals surface area (Å²) in [5.74, 6) is 0. The number of hydrogen-bond acceptors (Lipinski definition) is 1. The molecule has 2 N–H and O–H groups in total. The molecule has 0 heterocycles. The minimum Gasteiger partial charge on any atom is -0.330 e. The van der Waals surface area contributed by atoms with Gasteiger partial charge in [0.15, 0.2) is 0 Å². The van der Waals surface area contributed by atoms with Gasteiger partial charge in [-0.15, -0.1) is 37.2 Å². The van der Waals surface area contributed by atoms with Crippen molar-refractivity contribution in [2.24, 2.45) is 5.73 Å². The summed E-state index contributed by atoms with van der Waals surface area (Å²) in [5.41, 5.74) is 6.68. The van der Waals surface area contributed by atoms with Crippen LogP contribution in [0.4, 0.5) is 0 Å². The number of halogens is 3. The number of rotatable bonds is 2. The van der Waals surface area contributed by atoms with E-state index in [0.717, 1.165) is 13.0 Å². The lowest BCUT2D eigenvalue weighted by Gasteiger charge is -1.93. The van der Waals surface area contributed by atoms with Crippen molar-refractivity contribution in [3.05, 3.63) is 35.9 Å². The molecule has 1 aromatic rings. The van der Waals surface area contributed by atoms with Crippen LogP contribution in [0.1, 0.15) is 5.56 Å². The zero-order valence-electron chi connectivity index (χ0n) is 6.60. The van der Waals surface area contributed by atoms with Crippen LogP contribution in [0.2, 0.25) is 0 Å². The molecule has 1 nitrogen and oxygen atoms in total. The minimum absolute atomic E-state index is 0. The minimum atomic E-state index is 0. The zero-order valence-corrected chi connectivity index (χ0v) is 9.05. The van der Waals surface area contributed by atoms with Crippen LogP contribution in [0.5, 0.6) is 0 Å². The van der Waals surface area contributed by atoms with Gasteiger partial charge in [-0.25, -0.2) is 0 Å². The molecule has 0 aliphatic carbocycles. The van der Waals surface area contributed by atoms with E-state index in [1.165, 1.54) is 5.56 Å². The largest absolute Gasteiger partial charge is 0.330 e. The average Bonchev–Trinajstić information content (AvgIpc) is 1.91. The van der Waals surface area contributed by atoms with Crippen LogP contribution in [-0.2, 0) is 6.42 Å². The number of nitrogens with two attached hydrogens (primary N) is 1. The van der Waals surface area contributed by atoms with E-state index in [1.807, 2.05) is 18.2 Å². The monoisotopic (exact) mass is 229 g/mol. The van der Waals surface area contributed by atoms with Crippen molar-refractivity contribution in [3.8, 4) is 0 Å². The van der Waals surface area contributed by atoms with E-state index in [1.54, 1.807) is 0 Å². The van der Waals surface area contributed by atoms with Crippen LogP contribution in [0.25, 0.3) is 0 Å². The SMILES string of the molecule is Cl.Cl.Cl.NCCc1ccccc1. The fourth-order valence-corrected chi connectivity index (χ4v) is 0.811. The van der Waals surface area contributed by atoms with Gasteiger partial charge in [-0.05, 0) is 18.5 Å². The van der Waals surface area contributed by atoms with E-state index in [0.29, 0.717) is 0 Å². The molecular weight excluding hydrogens is 216 g/mol. The van der Waals surface area contributed by atoms with Crippen molar-refractivity contribution in [1.82, 2.24) is 0 Å². The first-order chi connectivity index (χ1) is 4.43. The van der Waals surface area contributed by atoms with Crippen LogP contribution in [0.3, 0.4) is 0 Å². The molecule has 0 bridgehead atoms. The normalized spacial score (nSPS) is 7.08. The van der Waals surface area contributed by atoms with E-state index < -0.39 is 0 Å². The van der Waals surface area contributed by atoms with E-state index >= 15 is 0 Å². The Morgan fingerprint density at radius 2 is 1.42 bits per heavy atom. The van der Waals surface area contributed by atoms with Gasteiger partial charge in [-0.3, -0.25) is 0 Å². The van der Waals surface area contributed by atoms with Crippen molar-refractivity contribution < 1.29 is 0 Å². The Hall–Kier alpha value is 0.0500. The number of benzene rings is 1. The molecule has 12 heavy (non-hydrogen) atoms. The molecule has 0 saturated heterocycles. The third-order valence-corrected chi connectivity index (χ3v) is 1.28. The standard InChI is InChI=1S/C8H11N.3ClH/c9-7-6-8-4-2-1-3-5-8;;;/h1-5H,6-7,9H2;3*1H. The Balaban J connectivity index is -0.000000270. The first-order valence-corrected chi connectivity index (χ1v) is 3.17. The first kappa shape index (κ1) is 18.0. The lowest BCUT2D eigenvalue weighted by atomic mass is 10.2. The molecule has 1 aromatic carbocycles. The molecule has 0 aliphatic rings. The fraction of sp³-hybridized carbons (Fsp3) is 0.250. The van der Waals surface area contributed by atoms with Crippen LogP contribution >= 0.6 is 37.2 Å². The van der Waals surface area contributed by atoms with Gasteiger partial charge in [0.1, 0.15) is 0 Å². The van der Waals surface area contributed by atoms with Crippen molar-refractivity contribution in [2.45, 2.75) is 6.42 Å². The summed E-state index contributed by atoms with van der Waals surface area (Å²) in [6.45, 7) is 0.740. The van der Waals surface area contributed by atoms with Gasteiger partial charge >= 0.3 is 0 Å². The highest BCUT2D eigenvalue weighted by molar-refractivity contribution is 5.86. The predicted octanol–water partition coefficient (Wildman–Crippen LogP) is 2.45. The molecule has 0 atom stereocenters. The molecule has 1 rings (SSSR count). The summed E-state index contributed by atoms with van der Waals surface area (Å²) in [6.07, 6.45) is 0.987. The van der Waals surface area contributed by atoms with E-state index in [2.05, 4.69) is 12.1 Å². The molecule has 0 amide bonds. The lowest BCUT2D eigenvalue weighted by molar-refractivity contribution is 0.969. The summed E-state index contributed by atoms with van der Waals surface area (Å²) in [6, 6.07) is 10.3. The fourth-order valence-electron chi connectivity index (χ4n) is 0.811. The van der Waals surface area contributed by atoms with Crippen molar-refractivity contribution in [1.29, 1.82) is 0 Å². The second kappa shape index (κ2) is 11.1. The average molecular weight is 231 g/mol. The van der Waals surface area contributed by atoms with Gasteiger partial charge in [0.2, 0.25) is 0 Å². The van der Waals surface area contributed by atoms with E-state index in [9.17, 15) is 0 Å². The maximum atomic E-state index is 5.36. The van der Waals surface area contributed by atoms with Crippen LogP contribution in [0.15, 0.2) is 30.3 Å². The molecular formula is C8H14Cl3N.